The van der Waals surface area contributed by atoms with Crippen molar-refractivity contribution in [1.82, 2.24) is 0 Å². The number of hydrogen-bond acceptors (Lipinski definition) is 1. The van der Waals surface area contributed by atoms with Crippen LogP contribution in [-0.4, -0.2) is 0 Å². The van der Waals surface area contributed by atoms with Gasteiger partial charge in [0.2, 0.25) is 0 Å². The van der Waals surface area contributed by atoms with Crippen molar-refractivity contribution in [3.8, 4) is 0 Å². The van der Waals surface area contributed by atoms with Gasteiger partial charge in [-0.2, -0.15) is 0 Å². The standard InChI is InChI=1S/C13H12ClFS/c1-8-7-10(4-5-11(8)15)13(14)12-6-3-9(2)16-12/h3-7,13H,1-2H3. The van der Waals surface area contributed by atoms with Crippen molar-refractivity contribution < 1.29 is 4.39 Å². The van der Waals surface area contributed by atoms with Crippen LogP contribution in [0.15, 0.2) is 30.3 Å². The normalized spacial score (nSPS) is 12.8. The number of hydrogen-bond donors (Lipinski definition) is 0. The maximum atomic E-state index is 13.1. The van der Waals surface area contributed by atoms with Crippen molar-refractivity contribution in [3.63, 3.8) is 0 Å². The molecule has 0 saturated heterocycles. The Morgan fingerprint density at radius 2 is 1.94 bits per heavy atom. The minimum atomic E-state index is -0.185. The van der Waals surface area contributed by atoms with Gasteiger partial charge in [0.05, 0.1) is 5.38 Å². The maximum absolute atomic E-state index is 13.1. The molecule has 0 aliphatic carbocycles. The van der Waals surface area contributed by atoms with Crippen LogP contribution in [0.3, 0.4) is 0 Å². The van der Waals surface area contributed by atoms with Crippen molar-refractivity contribution in [1.29, 1.82) is 0 Å². The lowest BCUT2D eigenvalue weighted by molar-refractivity contribution is 0.617. The Hall–Kier alpha value is -0.860. The third-order valence-corrected chi connectivity index (χ3v) is 4.17. The second-order valence-corrected chi connectivity index (χ2v) is 5.58. The van der Waals surface area contributed by atoms with Crippen molar-refractivity contribution in [2.75, 3.05) is 0 Å². The predicted octanol–water partition coefficient (Wildman–Crippen LogP) is 4.83. The largest absolute Gasteiger partial charge is 0.207 e. The highest BCUT2D eigenvalue weighted by atomic mass is 35.5. The zero-order chi connectivity index (χ0) is 11.7. The fraction of sp³-hybridized carbons (Fsp3) is 0.231. The van der Waals surface area contributed by atoms with Gasteiger partial charge >= 0.3 is 0 Å². The summed E-state index contributed by atoms with van der Waals surface area (Å²) >= 11 is 8.03. The van der Waals surface area contributed by atoms with E-state index < -0.39 is 0 Å². The fourth-order valence-corrected chi connectivity index (χ4v) is 2.81. The Labute approximate surface area is 104 Å². The van der Waals surface area contributed by atoms with E-state index in [1.165, 1.54) is 10.9 Å². The molecule has 16 heavy (non-hydrogen) atoms. The van der Waals surface area contributed by atoms with Crippen LogP contribution < -0.4 is 0 Å². The van der Waals surface area contributed by atoms with Crippen LogP contribution in [0.25, 0.3) is 0 Å². The number of thiophene rings is 1. The summed E-state index contributed by atoms with van der Waals surface area (Å²) < 4.78 is 13.1. The van der Waals surface area contributed by atoms with E-state index in [4.69, 9.17) is 11.6 Å². The Bertz CT molecular complexity index is 504. The summed E-state index contributed by atoms with van der Waals surface area (Å²) in [4.78, 5) is 2.34. The van der Waals surface area contributed by atoms with E-state index in [9.17, 15) is 4.39 Å². The lowest BCUT2D eigenvalue weighted by Gasteiger charge is -2.08. The van der Waals surface area contributed by atoms with E-state index in [-0.39, 0.29) is 11.2 Å². The SMILES string of the molecule is Cc1ccc(C(Cl)c2ccc(F)c(C)c2)s1. The third-order valence-electron chi connectivity index (χ3n) is 2.49. The van der Waals surface area contributed by atoms with Gasteiger partial charge < -0.3 is 0 Å². The van der Waals surface area contributed by atoms with Gasteiger partial charge in [-0.3, -0.25) is 0 Å². The predicted molar refractivity (Wildman–Crippen MR) is 67.9 cm³/mol. The average Bonchev–Trinajstić information content (AvgIpc) is 2.68. The average molecular weight is 255 g/mol. The summed E-state index contributed by atoms with van der Waals surface area (Å²) in [5.41, 5.74) is 1.58. The summed E-state index contributed by atoms with van der Waals surface area (Å²) in [6.07, 6.45) is 0. The fourth-order valence-electron chi connectivity index (χ4n) is 1.58. The number of rotatable bonds is 2. The zero-order valence-corrected chi connectivity index (χ0v) is 10.7. The highest BCUT2D eigenvalue weighted by Crippen LogP contribution is 2.33. The first-order chi connectivity index (χ1) is 7.58. The molecular formula is C13H12ClFS. The molecule has 1 aromatic carbocycles. The molecular weight excluding hydrogens is 243 g/mol. The molecule has 0 radical (unpaired) electrons. The highest BCUT2D eigenvalue weighted by Gasteiger charge is 2.13. The second kappa shape index (κ2) is 4.56. The Kier molecular flexibility index (Phi) is 3.31. The van der Waals surface area contributed by atoms with Crippen LogP contribution >= 0.6 is 22.9 Å². The van der Waals surface area contributed by atoms with Gasteiger partial charge in [-0.1, -0.05) is 12.1 Å². The van der Waals surface area contributed by atoms with Crippen molar-refractivity contribution in [2.24, 2.45) is 0 Å². The van der Waals surface area contributed by atoms with Gasteiger partial charge in [-0.25, -0.2) is 4.39 Å². The molecule has 0 saturated carbocycles. The molecule has 2 rings (SSSR count). The molecule has 84 valence electrons. The van der Waals surface area contributed by atoms with Crippen LogP contribution in [0, 0.1) is 19.7 Å². The summed E-state index contributed by atoms with van der Waals surface area (Å²) in [5, 5.41) is -0.182. The molecule has 0 amide bonds. The first-order valence-corrected chi connectivity index (χ1v) is 6.29. The molecule has 1 aromatic heterocycles. The molecule has 1 heterocycles. The van der Waals surface area contributed by atoms with Crippen LogP contribution in [0.2, 0.25) is 0 Å². The Morgan fingerprint density at radius 1 is 1.19 bits per heavy atom. The Balaban J connectivity index is 2.33. The summed E-state index contributed by atoms with van der Waals surface area (Å²) in [7, 11) is 0. The molecule has 0 N–H and O–H groups in total. The van der Waals surface area contributed by atoms with Gasteiger partial charge in [0.25, 0.3) is 0 Å². The third kappa shape index (κ3) is 2.28. The first kappa shape index (κ1) is 11.6. The van der Waals surface area contributed by atoms with E-state index >= 15 is 0 Å². The smallest absolute Gasteiger partial charge is 0.126 e. The molecule has 1 unspecified atom stereocenters. The molecule has 2 aromatic rings. The van der Waals surface area contributed by atoms with Gasteiger partial charge in [-0.15, -0.1) is 22.9 Å². The van der Waals surface area contributed by atoms with Crippen LogP contribution in [0.4, 0.5) is 4.39 Å². The summed E-state index contributed by atoms with van der Waals surface area (Å²) in [5.74, 6) is -0.185. The molecule has 0 aliphatic rings. The maximum Gasteiger partial charge on any atom is 0.126 e. The minimum absolute atomic E-state index is 0.182. The van der Waals surface area contributed by atoms with Crippen molar-refractivity contribution in [3.05, 3.63) is 57.0 Å². The topological polar surface area (TPSA) is 0 Å². The number of halogens is 2. The van der Waals surface area contributed by atoms with Crippen LogP contribution in [0.5, 0.6) is 0 Å². The minimum Gasteiger partial charge on any atom is -0.207 e. The summed E-state index contributed by atoms with van der Waals surface area (Å²) in [6, 6.07) is 9.10. The zero-order valence-electron chi connectivity index (χ0n) is 9.13. The lowest BCUT2D eigenvalue weighted by atomic mass is 10.1. The van der Waals surface area contributed by atoms with E-state index in [2.05, 4.69) is 0 Å². The second-order valence-electron chi connectivity index (χ2n) is 3.82. The molecule has 0 aliphatic heterocycles. The monoisotopic (exact) mass is 254 g/mol. The van der Waals surface area contributed by atoms with Gasteiger partial charge in [-0.05, 0) is 43.2 Å². The summed E-state index contributed by atoms with van der Waals surface area (Å²) in [6.45, 7) is 3.80. The molecule has 0 spiro atoms. The van der Waals surface area contributed by atoms with Crippen LogP contribution in [-0.2, 0) is 0 Å². The number of benzene rings is 1. The number of alkyl halides is 1. The van der Waals surface area contributed by atoms with E-state index in [0.29, 0.717) is 5.56 Å². The molecule has 0 nitrogen and oxygen atoms in total. The number of aryl methyl sites for hydroxylation is 2. The van der Waals surface area contributed by atoms with E-state index in [1.54, 1.807) is 24.3 Å². The van der Waals surface area contributed by atoms with Crippen molar-refractivity contribution in [2.45, 2.75) is 19.2 Å². The Morgan fingerprint density at radius 3 is 2.50 bits per heavy atom. The molecule has 1 atom stereocenters. The molecule has 0 fully saturated rings. The van der Waals surface area contributed by atoms with Gasteiger partial charge in [0.1, 0.15) is 5.82 Å². The molecule has 3 heteroatoms. The lowest BCUT2D eigenvalue weighted by Crippen LogP contribution is -1.92. The highest BCUT2D eigenvalue weighted by molar-refractivity contribution is 7.12. The van der Waals surface area contributed by atoms with Gasteiger partial charge in [0.15, 0.2) is 0 Å². The van der Waals surface area contributed by atoms with E-state index in [0.717, 1.165) is 10.4 Å². The van der Waals surface area contributed by atoms with Gasteiger partial charge in [0, 0.05) is 9.75 Å². The van der Waals surface area contributed by atoms with Crippen LogP contribution in [0.1, 0.15) is 26.3 Å². The first-order valence-electron chi connectivity index (χ1n) is 5.04. The van der Waals surface area contributed by atoms with E-state index in [1.807, 2.05) is 25.1 Å². The van der Waals surface area contributed by atoms with Crippen molar-refractivity contribution >= 4 is 22.9 Å². The quantitative estimate of drug-likeness (QED) is 0.673. The molecule has 0 bridgehead atoms.